The number of hydrogen-bond donors (Lipinski definition) is 1. The van der Waals surface area contributed by atoms with Gasteiger partial charge in [-0.25, -0.2) is 9.59 Å². The Balaban J connectivity index is 1.28. The fraction of sp³-hybridized carbons (Fsp3) is 0.394. The van der Waals surface area contributed by atoms with Crippen molar-refractivity contribution in [1.29, 1.82) is 0 Å². The molecule has 1 amide bonds. The highest BCUT2D eigenvalue weighted by atomic mass is 16.6. The number of ether oxygens (including phenoxy) is 3. The Bertz CT molecular complexity index is 1260. The number of nitrogens with one attached hydrogen (secondary N) is 1. The summed E-state index contributed by atoms with van der Waals surface area (Å²) in [5.41, 5.74) is 4.08. The monoisotopic (exact) mass is 527 g/mol. The smallest absolute Gasteiger partial charge is 0.408 e. The van der Waals surface area contributed by atoms with Crippen LogP contribution in [0.2, 0.25) is 0 Å². The molecule has 0 spiro atoms. The zero-order chi connectivity index (χ0) is 27.5. The number of rotatable bonds is 7. The fourth-order valence-electron chi connectivity index (χ4n) is 5.77. The summed E-state index contributed by atoms with van der Waals surface area (Å²) in [6.45, 7) is 6.41. The third kappa shape index (κ3) is 6.17. The highest BCUT2D eigenvalue weighted by Gasteiger charge is 2.46. The van der Waals surface area contributed by atoms with E-state index in [1.165, 1.54) is 11.1 Å². The predicted octanol–water partition coefficient (Wildman–Crippen LogP) is 6.77. The van der Waals surface area contributed by atoms with E-state index < -0.39 is 17.6 Å². The van der Waals surface area contributed by atoms with Gasteiger partial charge in [-0.1, -0.05) is 78.9 Å². The predicted molar refractivity (Wildman–Crippen MR) is 150 cm³/mol. The van der Waals surface area contributed by atoms with Crippen LogP contribution in [0.3, 0.4) is 0 Å². The second kappa shape index (κ2) is 11.2. The van der Waals surface area contributed by atoms with Gasteiger partial charge in [0.25, 0.3) is 0 Å². The molecule has 2 aliphatic rings. The van der Waals surface area contributed by atoms with Gasteiger partial charge in [0.05, 0.1) is 11.7 Å². The Morgan fingerprint density at radius 2 is 1.38 bits per heavy atom. The molecule has 204 valence electrons. The molecule has 1 N–H and O–H groups in total. The molecule has 0 bridgehead atoms. The van der Waals surface area contributed by atoms with Gasteiger partial charge in [0.15, 0.2) is 0 Å². The largest absolute Gasteiger partial charge is 0.459 e. The lowest BCUT2D eigenvalue weighted by Gasteiger charge is -2.40. The highest BCUT2D eigenvalue weighted by Crippen LogP contribution is 2.44. The van der Waals surface area contributed by atoms with Crippen molar-refractivity contribution >= 4 is 12.1 Å². The normalized spacial score (nSPS) is 20.5. The Kier molecular flexibility index (Phi) is 7.76. The molecule has 6 heteroatoms. The zero-order valence-electron chi connectivity index (χ0n) is 22.9. The van der Waals surface area contributed by atoms with Crippen LogP contribution in [0.5, 0.6) is 0 Å². The molecule has 1 saturated carbocycles. The van der Waals surface area contributed by atoms with Crippen molar-refractivity contribution in [3.63, 3.8) is 0 Å². The number of carbonyl (C=O) groups excluding carboxylic acids is 2. The quantitative estimate of drug-likeness (QED) is 0.344. The van der Waals surface area contributed by atoms with E-state index in [2.05, 4.69) is 29.6 Å². The summed E-state index contributed by atoms with van der Waals surface area (Å²) >= 11 is 0. The van der Waals surface area contributed by atoms with E-state index in [1.54, 1.807) is 0 Å². The SMILES string of the molecule is CC(C)(C)OC1CCC(NC(=O)OCC2c3ccccc3-c3ccccc32)(C(=O)OCc2ccccc2)CC1. The van der Waals surface area contributed by atoms with Gasteiger partial charge in [-0.2, -0.15) is 0 Å². The molecular formula is C33H37NO5. The van der Waals surface area contributed by atoms with Crippen molar-refractivity contribution < 1.29 is 23.8 Å². The molecule has 3 aromatic rings. The molecule has 0 aliphatic heterocycles. The standard InChI is InChI=1S/C33H37NO5/c1-32(2,3)39-24-17-19-33(20-18-24,30(35)37-21-23-11-5-4-6-12-23)34-31(36)38-22-29-27-15-9-7-13-25(27)26-14-8-10-16-28(26)29/h4-16,24,29H,17-22H2,1-3H3,(H,34,36). The Morgan fingerprint density at radius 1 is 0.821 bits per heavy atom. The number of carbonyl (C=O) groups is 2. The second-order valence-electron chi connectivity index (χ2n) is 11.5. The van der Waals surface area contributed by atoms with Crippen molar-refractivity contribution in [3.8, 4) is 11.1 Å². The maximum atomic E-state index is 13.5. The summed E-state index contributed by atoms with van der Waals surface area (Å²) in [7, 11) is 0. The van der Waals surface area contributed by atoms with Gasteiger partial charge < -0.3 is 19.5 Å². The third-order valence-electron chi connectivity index (χ3n) is 7.59. The number of amides is 1. The van der Waals surface area contributed by atoms with Crippen LogP contribution in [-0.4, -0.2) is 35.9 Å². The lowest BCUT2D eigenvalue weighted by molar-refractivity contribution is -0.157. The number of benzene rings is 3. The minimum absolute atomic E-state index is 0.0179. The maximum Gasteiger partial charge on any atom is 0.408 e. The molecular weight excluding hydrogens is 490 g/mol. The van der Waals surface area contributed by atoms with Crippen molar-refractivity contribution in [2.75, 3.05) is 6.61 Å². The van der Waals surface area contributed by atoms with Crippen molar-refractivity contribution in [3.05, 3.63) is 95.6 Å². The summed E-state index contributed by atoms with van der Waals surface area (Å²) in [5, 5.41) is 2.93. The van der Waals surface area contributed by atoms with Crippen LogP contribution >= 0.6 is 0 Å². The Morgan fingerprint density at radius 3 is 1.97 bits per heavy atom. The summed E-state index contributed by atoms with van der Waals surface area (Å²) in [5.74, 6) is -0.492. The molecule has 0 atom stereocenters. The number of fused-ring (bicyclic) bond motifs is 3. The van der Waals surface area contributed by atoms with Crippen molar-refractivity contribution in [2.24, 2.45) is 0 Å². The number of hydrogen-bond acceptors (Lipinski definition) is 5. The number of esters is 1. The lowest BCUT2D eigenvalue weighted by Crippen LogP contribution is -2.58. The average Bonchev–Trinajstić information content (AvgIpc) is 3.25. The van der Waals surface area contributed by atoms with Gasteiger partial charge in [-0.15, -0.1) is 0 Å². The van der Waals surface area contributed by atoms with E-state index in [0.717, 1.165) is 16.7 Å². The molecule has 6 nitrogen and oxygen atoms in total. The van der Waals surface area contributed by atoms with Gasteiger partial charge in [-0.3, -0.25) is 0 Å². The first-order valence-electron chi connectivity index (χ1n) is 13.8. The fourth-order valence-corrected chi connectivity index (χ4v) is 5.77. The molecule has 0 unspecified atom stereocenters. The lowest BCUT2D eigenvalue weighted by atomic mass is 9.80. The first kappa shape index (κ1) is 26.9. The topological polar surface area (TPSA) is 73.9 Å². The van der Waals surface area contributed by atoms with Gasteiger partial charge in [-0.05, 0) is 74.3 Å². The molecule has 39 heavy (non-hydrogen) atoms. The van der Waals surface area contributed by atoms with Crippen LogP contribution in [0.1, 0.15) is 69.1 Å². The van der Waals surface area contributed by atoms with Gasteiger partial charge in [0, 0.05) is 5.92 Å². The zero-order valence-corrected chi connectivity index (χ0v) is 22.9. The molecule has 1 fully saturated rings. The average molecular weight is 528 g/mol. The van der Waals surface area contributed by atoms with E-state index in [1.807, 2.05) is 75.4 Å². The molecule has 0 radical (unpaired) electrons. The Hall–Kier alpha value is -3.64. The summed E-state index contributed by atoms with van der Waals surface area (Å²) in [6.07, 6.45) is 1.54. The first-order valence-corrected chi connectivity index (χ1v) is 13.8. The maximum absolute atomic E-state index is 13.5. The second-order valence-corrected chi connectivity index (χ2v) is 11.5. The molecule has 3 aromatic carbocycles. The molecule has 0 saturated heterocycles. The van der Waals surface area contributed by atoms with E-state index in [9.17, 15) is 9.59 Å². The van der Waals surface area contributed by atoms with Gasteiger partial charge in [0.2, 0.25) is 0 Å². The van der Waals surface area contributed by atoms with Crippen LogP contribution in [0.15, 0.2) is 78.9 Å². The van der Waals surface area contributed by atoms with E-state index in [4.69, 9.17) is 14.2 Å². The molecule has 0 aromatic heterocycles. The molecule has 5 rings (SSSR count). The van der Waals surface area contributed by atoms with Crippen LogP contribution in [0, 0.1) is 0 Å². The molecule has 2 aliphatic carbocycles. The van der Waals surface area contributed by atoms with Crippen LogP contribution in [-0.2, 0) is 25.6 Å². The highest BCUT2D eigenvalue weighted by molar-refractivity contribution is 5.86. The summed E-state index contributed by atoms with van der Waals surface area (Å²) in [6, 6.07) is 26.0. The van der Waals surface area contributed by atoms with E-state index in [0.29, 0.717) is 25.7 Å². The minimum Gasteiger partial charge on any atom is -0.459 e. The van der Waals surface area contributed by atoms with Gasteiger partial charge >= 0.3 is 12.1 Å². The van der Waals surface area contributed by atoms with E-state index >= 15 is 0 Å². The summed E-state index contributed by atoms with van der Waals surface area (Å²) in [4.78, 5) is 26.7. The van der Waals surface area contributed by atoms with Gasteiger partial charge in [0.1, 0.15) is 18.8 Å². The minimum atomic E-state index is -1.16. The van der Waals surface area contributed by atoms with Crippen molar-refractivity contribution in [2.45, 2.75) is 76.2 Å². The van der Waals surface area contributed by atoms with Crippen molar-refractivity contribution in [1.82, 2.24) is 5.32 Å². The third-order valence-corrected chi connectivity index (χ3v) is 7.59. The number of alkyl carbamates (subject to hydrolysis) is 1. The van der Waals surface area contributed by atoms with Crippen LogP contribution in [0.25, 0.3) is 11.1 Å². The molecule has 0 heterocycles. The first-order chi connectivity index (χ1) is 18.7. The summed E-state index contributed by atoms with van der Waals surface area (Å²) < 4.78 is 17.7. The van der Waals surface area contributed by atoms with Crippen LogP contribution in [0.4, 0.5) is 4.79 Å². The van der Waals surface area contributed by atoms with Crippen LogP contribution < -0.4 is 5.32 Å². The Labute approximate surface area is 230 Å². The van der Waals surface area contributed by atoms with E-state index in [-0.39, 0.29) is 30.8 Å².